The second-order valence-corrected chi connectivity index (χ2v) is 4.79. The van der Waals surface area contributed by atoms with Crippen molar-refractivity contribution >= 4 is 38.4 Å². The molecular formula is C11H9BrClNO. The zero-order chi connectivity index (χ0) is 11.2. The van der Waals surface area contributed by atoms with E-state index in [4.69, 9.17) is 11.6 Å². The Balaban J connectivity index is 3.10. The molecular weight excluding hydrogens is 277 g/mol. The quantitative estimate of drug-likeness (QED) is 0.728. The van der Waals surface area contributed by atoms with E-state index in [1.165, 1.54) is 6.07 Å². The van der Waals surface area contributed by atoms with Crippen LogP contribution in [0, 0.1) is 6.92 Å². The summed E-state index contributed by atoms with van der Waals surface area (Å²) in [5, 5.41) is 1.39. The number of rotatable bonds is 0. The first-order chi connectivity index (χ1) is 7.00. The van der Waals surface area contributed by atoms with Crippen LogP contribution in [0.5, 0.6) is 0 Å². The summed E-state index contributed by atoms with van der Waals surface area (Å²) < 4.78 is 2.48. The van der Waals surface area contributed by atoms with Gasteiger partial charge in [-0.05, 0) is 40.5 Å². The predicted octanol–water partition coefficient (Wildman–Crippen LogP) is 3.26. The lowest BCUT2D eigenvalue weighted by Gasteiger charge is -2.09. The monoisotopic (exact) mass is 285 g/mol. The molecule has 0 aliphatic carbocycles. The minimum absolute atomic E-state index is 0.1000. The smallest absolute Gasteiger partial charge is 0.252 e. The molecule has 1 aromatic carbocycles. The first-order valence-corrected chi connectivity index (χ1v) is 5.63. The number of hydrogen-bond donors (Lipinski definition) is 0. The van der Waals surface area contributed by atoms with Gasteiger partial charge in [-0.3, -0.25) is 4.79 Å². The highest BCUT2D eigenvalue weighted by Crippen LogP contribution is 2.28. The first-order valence-electron chi connectivity index (χ1n) is 4.46. The van der Waals surface area contributed by atoms with Gasteiger partial charge in [0.25, 0.3) is 5.56 Å². The molecule has 0 aliphatic heterocycles. The van der Waals surface area contributed by atoms with Gasteiger partial charge in [0.05, 0.1) is 10.5 Å². The highest BCUT2D eigenvalue weighted by molar-refractivity contribution is 9.10. The molecule has 1 aromatic heterocycles. The minimum atomic E-state index is -0.1000. The van der Waals surface area contributed by atoms with E-state index in [9.17, 15) is 4.79 Å². The van der Waals surface area contributed by atoms with E-state index in [-0.39, 0.29) is 5.56 Å². The van der Waals surface area contributed by atoms with Crippen molar-refractivity contribution < 1.29 is 0 Å². The van der Waals surface area contributed by atoms with Gasteiger partial charge in [-0.25, -0.2) is 0 Å². The summed E-state index contributed by atoms with van der Waals surface area (Å²) in [5.41, 5.74) is 1.84. The largest absolute Gasteiger partial charge is 0.310 e. The van der Waals surface area contributed by atoms with Crippen LogP contribution in [0.3, 0.4) is 0 Å². The van der Waals surface area contributed by atoms with Crippen molar-refractivity contribution in [2.75, 3.05) is 0 Å². The molecule has 2 nitrogen and oxygen atoms in total. The maximum absolute atomic E-state index is 11.5. The Morgan fingerprint density at radius 3 is 2.67 bits per heavy atom. The molecule has 0 spiro atoms. The Kier molecular flexibility index (Phi) is 2.61. The molecule has 2 rings (SSSR count). The Morgan fingerprint density at radius 2 is 2.00 bits per heavy atom. The second-order valence-electron chi connectivity index (χ2n) is 3.53. The minimum Gasteiger partial charge on any atom is -0.310 e. The summed E-state index contributed by atoms with van der Waals surface area (Å²) >= 11 is 9.49. The van der Waals surface area contributed by atoms with E-state index in [1.54, 1.807) is 11.6 Å². The number of nitrogens with zero attached hydrogens (tertiary/aromatic N) is 1. The van der Waals surface area contributed by atoms with Gasteiger partial charge in [0.15, 0.2) is 0 Å². The van der Waals surface area contributed by atoms with Crippen LogP contribution in [-0.4, -0.2) is 4.57 Å². The van der Waals surface area contributed by atoms with Gasteiger partial charge in [0.1, 0.15) is 0 Å². The van der Waals surface area contributed by atoms with Crippen molar-refractivity contribution in [3.05, 3.63) is 43.6 Å². The summed E-state index contributed by atoms with van der Waals surface area (Å²) in [5.74, 6) is 0. The van der Waals surface area contributed by atoms with Gasteiger partial charge >= 0.3 is 0 Å². The van der Waals surface area contributed by atoms with Crippen LogP contribution in [-0.2, 0) is 7.05 Å². The number of pyridine rings is 1. The fourth-order valence-corrected chi connectivity index (χ4v) is 2.73. The number of benzene rings is 1. The van der Waals surface area contributed by atoms with Crippen molar-refractivity contribution in [1.29, 1.82) is 0 Å². The lowest BCUT2D eigenvalue weighted by molar-refractivity contribution is 0.903. The molecule has 78 valence electrons. The van der Waals surface area contributed by atoms with E-state index < -0.39 is 0 Å². The van der Waals surface area contributed by atoms with E-state index in [1.807, 2.05) is 19.1 Å². The number of fused-ring (bicyclic) bond motifs is 1. The molecule has 0 unspecified atom stereocenters. The Bertz CT molecular complexity index is 604. The lowest BCUT2D eigenvalue weighted by atomic mass is 10.1. The second kappa shape index (κ2) is 3.65. The Hall–Kier alpha value is -0.800. The van der Waals surface area contributed by atoms with Crippen molar-refractivity contribution in [3.8, 4) is 0 Å². The third-order valence-corrected chi connectivity index (χ3v) is 3.30. The third-order valence-electron chi connectivity index (χ3n) is 2.38. The van der Waals surface area contributed by atoms with Crippen LogP contribution < -0.4 is 5.56 Å². The highest BCUT2D eigenvalue weighted by Gasteiger charge is 2.08. The number of aryl methyl sites for hydroxylation is 2. The molecule has 0 bridgehead atoms. The zero-order valence-corrected chi connectivity index (χ0v) is 10.7. The van der Waals surface area contributed by atoms with Crippen molar-refractivity contribution in [3.63, 3.8) is 0 Å². The molecule has 0 N–H and O–H groups in total. The van der Waals surface area contributed by atoms with Gasteiger partial charge in [-0.1, -0.05) is 11.6 Å². The van der Waals surface area contributed by atoms with Crippen LogP contribution >= 0.6 is 27.5 Å². The number of hydrogen-bond acceptors (Lipinski definition) is 1. The molecule has 0 fully saturated rings. The molecule has 0 saturated heterocycles. The fraction of sp³-hybridized carbons (Fsp3) is 0.182. The van der Waals surface area contributed by atoms with E-state index in [2.05, 4.69) is 15.9 Å². The van der Waals surface area contributed by atoms with Crippen LogP contribution in [0.4, 0.5) is 0 Å². The lowest BCUT2D eigenvalue weighted by Crippen LogP contribution is -2.16. The maximum atomic E-state index is 11.5. The first kappa shape index (κ1) is 10.7. The van der Waals surface area contributed by atoms with Crippen molar-refractivity contribution in [2.45, 2.75) is 6.92 Å². The van der Waals surface area contributed by atoms with Gasteiger partial charge in [0, 0.05) is 23.0 Å². The normalized spacial score (nSPS) is 10.9. The predicted molar refractivity (Wildman–Crippen MR) is 66.6 cm³/mol. The zero-order valence-electron chi connectivity index (χ0n) is 8.34. The SMILES string of the molecule is Cc1cc(Br)c2c(c1)c(Cl)cc(=O)n2C. The fourth-order valence-electron chi connectivity index (χ4n) is 1.65. The van der Waals surface area contributed by atoms with Gasteiger partial charge in [-0.15, -0.1) is 0 Å². The summed E-state index contributed by atoms with van der Waals surface area (Å²) in [6, 6.07) is 5.38. The topological polar surface area (TPSA) is 22.0 Å². The van der Waals surface area contributed by atoms with Gasteiger partial charge < -0.3 is 4.57 Å². The number of halogens is 2. The molecule has 1 heterocycles. The average molecular weight is 287 g/mol. The van der Waals surface area contributed by atoms with Crippen LogP contribution in [0.1, 0.15) is 5.56 Å². The molecule has 0 atom stereocenters. The molecule has 0 saturated carbocycles. The summed E-state index contributed by atoms with van der Waals surface area (Å²) in [6.07, 6.45) is 0. The average Bonchev–Trinajstić information content (AvgIpc) is 2.13. The van der Waals surface area contributed by atoms with E-state index >= 15 is 0 Å². The van der Waals surface area contributed by atoms with Gasteiger partial charge in [-0.2, -0.15) is 0 Å². The summed E-state index contributed by atoms with van der Waals surface area (Å²) in [7, 11) is 1.74. The molecule has 2 aromatic rings. The van der Waals surface area contributed by atoms with Crippen molar-refractivity contribution in [2.24, 2.45) is 7.05 Å². The molecule has 0 amide bonds. The maximum Gasteiger partial charge on any atom is 0.252 e. The van der Waals surface area contributed by atoms with E-state index in [0.29, 0.717) is 5.02 Å². The Morgan fingerprint density at radius 1 is 1.33 bits per heavy atom. The summed E-state index contributed by atoms with van der Waals surface area (Å²) in [4.78, 5) is 11.5. The Labute approximate surface area is 101 Å². The molecule has 4 heteroatoms. The van der Waals surface area contributed by atoms with Crippen LogP contribution in [0.2, 0.25) is 5.02 Å². The molecule has 15 heavy (non-hydrogen) atoms. The van der Waals surface area contributed by atoms with Crippen LogP contribution in [0.15, 0.2) is 27.5 Å². The standard InChI is InChI=1S/C11H9BrClNO/c1-6-3-7-9(13)5-10(15)14(2)11(7)8(12)4-6/h3-5H,1-2H3. The number of aromatic nitrogens is 1. The molecule has 0 radical (unpaired) electrons. The van der Waals surface area contributed by atoms with Crippen molar-refractivity contribution in [1.82, 2.24) is 4.57 Å². The van der Waals surface area contributed by atoms with E-state index in [0.717, 1.165) is 20.9 Å². The summed E-state index contributed by atoms with van der Waals surface area (Å²) in [6.45, 7) is 1.99. The van der Waals surface area contributed by atoms with Gasteiger partial charge in [0.2, 0.25) is 0 Å². The third kappa shape index (κ3) is 1.70. The molecule has 0 aliphatic rings. The van der Waals surface area contributed by atoms with Crippen LogP contribution in [0.25, 0.3) is 10.9 Å². The highest BCUT2D eigenvalue weighted by atomic mass is 79.9.